The van der Waals surface area contributed by atoms with E-state index in [9.17, 15) is 0 Å². The lowest BCUT2D eigenvalue weighted by Gasteiger charge is -2.36. The van der Waals surface area contributed by atoms with E-state index in [1.165, 1.54) is 0 Å². The van der Waals surface area contributed by atoms with Crippen LogP contribution < -0.4 is 0 Å². The van der Waals surface area contributed by atoms with Gasteiger partial charge in [0.05, 0.1) is 23.2 Å². The predicted molar refractivity (Wildman–Crippen MR) is 83.9 cm³/mol. The van der Waals surface area contributed by atoms with E-state index in [-0.39, 0.29) is 10.9 Å². The SMILES string of the molecule is CCn1nc(C)c2nc(C(C)Cl)n(C3(C)CCCOC3)c21. The average molecular weight is 311 g/mol. The highest BCUT2D eigenvalue weighted by atomic mass is 35.5. The van der Waals surface area contributed by atoms with Crippen molar-refractivity contribution in [3.05, 3.63) is 11.5 Å². The maximum Gasteiger partial charge on any atom is 0.159 e. The molecule has 2 aromatic heterocycles. The third-order valence-corrected chi connectivity index (χ3v) is 4.54. The first kappa shape index (κ1) is 14.9. The Morgan fingerprint density at radius 3 is 2.81 bits per heavy atom. The Hall–Kier alpha value is -1.07. The molecule has 1 saturated heterocycles. The van der Waals surface area contributed by atoms with Gasteiger partial charge >= 0.3 is 0 Å². The van der Waals surface area contributed by atoms with Crippen molar-refractivity contribution in [2.75, 3.05) is 13.2 Å². The molecule has 0 bridgehead atoms. The topological polar surface area (TPSA) is 44.9 Å². The molecule has 1 aliphatic heterocycles. The number of imidazole rings is 1. The maximum absolute atomic E-state index is 6.41. The second-order valence-corrected chi connectivity index (χ2v) is 6.80. The van der Waals surface area contributed by atoms with Crippen molar-refractivity contribution in [3.63, 3.8) is 0 Å². The summed E-state index contributed by atoms with van der Waals surface area (Å²) in [4.78, 5) is 4.79. The summed E-state index contributed by atoms with van der Waals surface area (Å²) in [6, 6.07) is 0. The molecule has 0 radical (unpaired) electrons. The van der Waals surface area contributed by atoms with E-state index in [4.69, 9.17) is 21.3 Å². The third-order valence-electron chi connectivity index (χ3n) is 4.35. The smallest absolute Gasteiger partial charge is 0.159 e. The third kappa shape index (κ3) is 2.27. The van der Waals surface area contributed by atoms with Gasteiger partial charge in [0.25, 0.3) is 0 Å². The summed E-state index contributed by atoms with van der Waals surface area (Å²) in [5, 5.41) is 4.47. The Labute approximate surface area is 130 Å². The molecule has 2 unspecified atom stereocenters. The van der Waals surface area contributed by atoms with E-state index in [1.807, 2.05) is 18.5 Å². The first-order chi connectivity index (χ1) is 9.98. The molecule has 6 heteroatoms. The van der Waals surface area contributed by atoms with Crippen LogP contribution in [0.1, 0.15) is 50.5 Å². The number of hydrogen-bond acceptors (Lipinski definition) is 3. The Morgan fingerprint density at radius 2 is 2.24 bits per heavy atom. The van der Waals surface area contributed by atoms with Gasteiger partial charge in [-0.1, -0.05) is 0 Å². The zero-order chi connectivity index (χ0) is 15.2. The van der Waals surface area contributed by atoms with Crippen molar-refractivity contribution in [1.29, 1.82) is 0 Å². The largest absolute Gasteiger partial charge is 0.379 e. The molecule has 0 spiro atoms. The summed E-state index contributed by atoms with van der Waals surface area (Å²) in [5.41, 5.74) is 2.89. The fourth-order valence-corrected chi connectivity index (χ4v) is 3.45. The van der Waals surface area contributed by atoms with E-state index in [0.717, 1.165) is 48.7 Å². The van der Waals surface area contributed by atoms with Crippen LogP contribution in [0.25, 0.3) is 11.2 Å². The molecule has 3 rings (SSSR count). The van der Waals surface area contributed by atoms with Gasteiger partial charge in [-0.05, 0) is 40.5 Å². The zero-order valence-corrected chi connectivity index (χ0v) is 13.9. The molecule has 1 fully saturated rings. The molecule has 21 heavy (non-hydrogen) atoms. The van der Waals surface area contributed by atoms with Crippen molar-refractivity contribution >= 4 is 22.8 Å². The summed E-state index contributed by atoms with van der Waals surface area (Å²) in [6.45, 7) is 10.7. The van der Waals surface area contributed by atoms with Crippen LogP contribution in [0.2, 0.25) is 0 Å². The van der Waals surface area contributed by atoms with Gasteiger partial charge in [0.2, 0.25) is 0 Å². The van der Waals surface area contributed by atoms with Crippen LogP contribution >= 0.6 is 11.6 Å². The van der Waals surface area contributed by atoms with Gasteiger partial charge in [0.1, 0.15) is 11.3 Å². The number of ether oxygens (including phenoxy) is 1. The number of fused-ring (bicyclic) bond motifs is 1. The number of aryl methyl sites for hydroxylation is 2. The molecule has 0 saturated carbocycles. The van der Waals surface area contributed by atoms with Crippen molar-refractivity contribution in [1.82, 2.24) is 19.3 Å². The molecule has 1 aliphatic rings. The second-order valence-electron chi connectivity index (χ2n) is 6.15. The van der Waals surface area contributed by atoms with Crippen LogP contribution in [0.15, 0.2) is 0 Å². The Kier molecular flexibility index (Phi) is 3.74. The summed E-state index contributed by atoms with van der Waals surface area (Å²) in [6.07, 6.45) is 2.13. The van der Waals surface area contributed by atoms with Crippen LogP contribution in [-0.4, -0.2) is 32.5 Å². The Balaban J connectivity index is 2.29. The van der Waals surface area contributed by atoms with Gasteiger partial charge in [-0.15, -0.1) is 11.6 Å². The molecule has 0 aliphatic carbocycles. The van der Waals surface area contributed by atoms with E-state index >= 15 is 0 Å². The number of hydrogen-bond donors (Lipinski definition) is 0. The van der Waals surface area contributed by atoms with Crippen LogP contribution in [-0.2, 0) is 16.8 Å². The van der Waals surface area contributed by atoms with Crippen LogP contribution in [0, 0.1) is 6.92 Å². The molecule has 0 amide bonds. The number of rotatable bonds is 3. The van der Waals surface area contributed by atoms with Crippen molar-refractivity contribution in [2.45, 2.75) is 58.0 Å². The fourth-order valence-electron chi connectivity index (χ4n) is 3.30. The van der Waals surface area contributed by atoms with Crippen LogP contribution in [0.3, 0.4) is 0 Å². The predicted octanol–water partition coefficient (Wildman–Crippen LogP) is 3.39. The fraction of sp³-hybridized carbons (Fsp3) is 0.733. The summed E-state index contributed by atoms with van der Waals surface area (Å²) < 4.78 is 10.1. The monoisotopic (exact) mass is 310 g/mol. The van der Waals surface area contributed by atoms with Crippen molar-refractivity contribution in [2.24, 2.45) is 0 Å². The van der Waals surface area contributed by atoms with Gasteiger partial charge < -0.3 is 9.30 Å². The van der Waals surface area contributed by atoms with E-state index in [1.54, 1.807) is 0 Å². The summed E-state index contributed by atoms with van der Waals surface area (Å²) in [7, 11) is 0. The minimum atomic E-state index is -0.138. The Morgan fingerprint density at radius 1 is 1.48 bits per heavy atom. The number of alkyl halides is 1. The standard InChI is InChI=1S/C15H23ClN4O/c1-5-19-14-12(11(3)18-19)17-13(10(2)16)20(14)15(4)7-6-8-21-9-15/h10H,5-9H2,1-4H3. The zero-order valence-electron chi connectivity index (χ0n) is 13.2. The second kappa shape index (κ2) is 5.29. The van der Waals surface area contributed by atoms with Crippen molar-refractivity contribution < 1.29 is 4.74 Å². The number of halogens is 1. The lowest BCUT2D eigenvalue weighted by Crippen LogP contribution is -2.40. The summed E-state index contributed by atoms with van der Waals surface area (Å²) in [5.74, 6) is 0.919. The lowest BCUT2D eigenvalue weighted by atomic mass is 9.94. The minimum Gasteiger partial charge on any atom is -0.379 e. The lowest BCUT2D eigenvalue weighted by molar-refractivity contribution is 0.00959. The van der Waals surface area contributed by atoms with Gasteiger partial charge in [-0.25, -0.2) is 9.67 Å². The molecule has 0 N–H and O–H groups in total. The molecule has 116 valence electrons. The molecule has 2 atom stereocenters. The Bertz CT molecular complexity index is 652. The van der Waals surface area contributed by atoms with E-state index in [0.29, 0.717) is 6.61 Å². The van der Waals surface area contributed by atoms with E-state index < -0.39 is 0 Å². The normalized spacial score (nSPS) is 24.6. The van der Waals surface area contributed by atoms with Crippen LogP contribution in [0.4, 0.5) is 0 Å². The quantitative estimate of drug-likeness (QED) is 0.816. The highest BCUT2D eigenvalue weighted by Gasteiger charge is 2.36. The number of aromatic nitrogens is 4. The van der Waals surface area contributed by atoms with Gasteiger partial charge in [-0.3, -0.25) is 0 Å². The molecule has 2 aromatic rings. The first-order valence-electron chi connectivity index (χ1n) is 7.66. The summed E-state index contributed by atoms with van der Waals surface area (Å²) >= 11 is 6.41. The van der Waals surface area contributed by atoms with Gasteiger partial charge in [-0.2, -0.15) is 5.10 Å². The average Bonchev–Trinajstić information content (AvgIpc) is 2.98. The first-order valence-corrected chi connectivity index (χ1v) is 8.09. The van der Waals surface area contributed by atoms with Crippen LogP contribution in [0.5, 0.6) is 0 Å². The van der Waals surface area contributed by atoms with E-state index in [2.05, 4.69) is 23.5 Å². The molecular formula is C15H23ClN4O. The van der Waals surface area contributed by atoms with Gasteiger partial charge in [0, 0.05) is 13.2 Å². The minimum absolute atomic E-state index is 0.106. The maximum atomic E-state index is 6.41. The highest BCUT2D eigenvalue weighted by Crippen LogP contribution is 2.36. The highest BCUT2D eigenvalue weighted by molar-refractivity contribution is 6.20. The number of nitrogens with zero attached hydrogens (tertiary/aromatic N) is 4. The van der Waals surface area contributed by atoms with Crippen molar-refractivity contribution in [3.8, 4) is 0 Å². The molecule has 3 heterocycles. The molecule has 0 aromatic carbocycles. The van der Waals surface area contributed by atoms with Gasteiger partial charge in [0.15, 0.2) is 5.65 Å². The molecular weight excluding hydrogens is 288 g/mol. The molecule has 5 nitrogen and oxygen atoms in total.